The third-order valence-corrected chi connectivity index (χ3v) is 28.6. The Labute approximate surface area is 760 Å². The first-order valence-corrected chi connectivity index (χ1v) is 45.5. The van der Waals surface area contributed by atoms with Gasteiger partial charge in [0.15, 0.2) is 23.1 Å². The van der Waals surface area contributed by atoms with Crippen LogP contribution in [0.4, 0.5) is 32.3 Å². The maximum Gasteiger partial charge on any atom is 0.290 e. The number of methoxy groups -OCH3 is 4. The number of thioether (sulfide) groups is 4. The summed E-state index contributed by atoms with van der Waals surface area (Å²) >= 11 is 3.28. The van der Waals surface area contributed by atoms with Crippen LogP contribution in [0.25, 0.3) is 68.8 Å². The third-order valence-electron chi connectivity index (χ3n) is 25.4. The summed E-state index contributed by atoms with van der Waals surface area (Å²) in [5.41, 5.74) is 20.4. The maximum atomic E-state index is 15.9. The number of hydrogen-bond donors (Lipinski definition) is 5. The summed E-state index contributed by atoms with van der Waals surface area (Å²) in [6, 6.07) is 32.9. The SMILES string of the molecule is COc1c(F)cc(/C=C2\SC(=O)NC2=O)c(F)c1-c1cc2c(cc1C)C(C)(C)CCC2(C)C.COc1c(F)cc(/C=C2\SC(=O)NC2=O)cc1-c1cc2c(cc1C)C(C)(C)CCC2(C)C.COc1cc(/C=C2\SC(=O)NC2=O)ccc1-c1cc2c(cc1C)C(C)(C)CCC2(C)C.COc1ccc(/C=C2\SC(=O)NC2=O)cc1-c1cc(C(C)(C)C)c(O)c(C(C)(C)C)c1. The lowest BCUT2D eigenvalue weighted by molar-refractivity contribution is -0.116. The van der Waals surface area contributed by atoms with Crippen LogP contribution in [0.3, 0.4) is 0 Å². The summed E-state index contributed by atoms with van der Waals surface area (Å²) in [6.45, 7) is 45.7. The molecule has 8 amide bonds. The summed E-state index contributed by atoms with van der Waals surface area (Å²) in [4.78, 5) is 94.6. The summed E-state index contributed by atoms with van der Waals surface area (Å²) in [7, 11) is 6.04. The number of aromatic hydroxyl groups is 1. The number of ether oxygens (including phenoxy) is 4. The highest BCUT2D eigenvalue weighted by atomic mass is 32.2. The van der Waals surface area contributed by atoms with Crippen LogP contribution < -0.4 is 40.2 Å². The molecule has 0 spiro atoms. The van der Waals surface area contributed by atoms with E-state index in [0.29, 0.717) is 49.8 Å². The molecule has 8 aromatic carbocycles. The second kappa shape index (κ2) is 35.8. The van der Waals surface area contributed by atoms with Gasteiger partial charge in [-0.3, -0.25) is 59.6 Å². The van der Waals surface area contributed by atoms with Crippen molar-refractivity contribution in [3.05, 3.63) is 224 Å². The number of nitrogens with one attached hydrogen (secondary N) is 4. The molecule has 17 nitrogen and oxygen atoms in total. The maximum absolute atomic E-state index is 15.9. The lowest BCUT2D eigenvalue weighted by Crippen LogP contribution is -2.34. The van der Waals surface area contributed by atoms with E-state index in [1.54, 1.807) is 26.4 Å². The van der Waals surface area contributed by atoms with E-state index in [9.17, 15) is 43.5 Å². The molecule has 0 atom stereocenters. The van der Waals surface area contributed by atoms with Crippen molar-refractivity contribution in [3.63, 3.8) is 0 Å². The van der Waals surface area contributed by atoms with Crippen LogP contribution in [-0.2, 0) is 62.5 Å². The summed E-state index contributed by atoms with van der Waals surface area (Å²) in [5, 5.41) is 18.3. The number of amides is 8. The Morgan fingerprint density at radius 2 is 0.685 bits per heavy atom. The van der Waals surface area contributed by atoms with Gasteiger partial charge in [0, 0.05) is 33.4 Å². The molecule has 15 rings (SSSR count). The number of benzene rings is 8. The number of fused-ring (bicyclic) bond motifs is 3. The van der Waals surface area contributed by atoms with Gasteiger partial charge in [0.05, 0.1) is 53.6 Å². The Hall–Kier alpha value is -10.5. The molecule has 4 heterocycles. The molecule has 127 heavy (non-hydrogen) atoms. The van der Waals surface area contributed by atoms with E-state index in [-0.39, 0.29) is 98.0 Å². The Kier molecular flexibility index (Phi) is 27.0. The molecule has 0 saturated carbocycles. The number of halogens is 3. The molecule has 4 fully saturated rings. The molecule has 668 valence electrons. The Bertz CT molecular complexity index is 6050. The number of imide groups is 4. The van der Waals surface area contributed by atoms with E-state index >= 15 is 13.2 Å². The lowest BCUT2D eigenvalue weighted by Gasteiger charge is -2.42. The second-order valence-corrected chi connectivity index (χ2v) is 43.5. The van der Waals surface area contributed by atoms with Crippen molar-refractivity contribution in [2.75, 3.05) is 28.4 Å². The van der Waals surface area contributed by atoms with Crippen LogP contribution in [0.2, 0.25) is 0 Å². The lowest BCUT2D eigenvalue weighted by atomic mass is 9.62. The fourth-order valence-corrected chi connectivity index (χ4v) is 20.3. The Balaban J connectivity index is 0.000000154. The molecule has 5 N–H and O–H groups in total. The molecule has 0 bridgehead atoms. The van der Waals surface area contributed by atoms with Crippen LogP contribution in [0.15, 0.2) is 123 Å². The highest BCUT2D eigenvalue weighted by Crippen LogP contribution is 2.54. The van der Waals surface area contributed by atoms with Crippen LogP contribution in [0.1, 0.15) is 247 Å². The van der Waals surface area contributed by atoms with Crippen molar-refractivity contribution in [2.45, 2.75) is 227 Å². The molecule has 8 aromatic rings. The molecular formula is C103H113F3N4O13S4. The van der Waals surface area contributed by atoms with Crippen LogP contribution in [0.5, 0.6) is 28.7 Å². The summed E-state index contributed by atoms with van der Waals surface area (Å²) in [5.74, 6) is -2.06. The molecule has 4 aliphatic heterocycles. The normalized spacial score (nSPS) is 19.2. The highest BCUT2D eigenvalue weighted by Gasteiger charge is 2.43. The quantitative estimate of drug-likeness (QED) is 0.0714. The second-order valence-electron chi connectivity index (χ2n) is 39.4. The number of phenolic OH excluding ortho intramolecular Hbond substituents is 1. The van der Waals surface area contributed by atoms with Gasteiger partial charge in [0.1, 0.15) is 23.1 Å². The van der Waals surface area contributed by atoms with Crippen molar-refractivity contribution >= 4 is 116 Å². The molecular weight excluding hydrogens is 1690 g/mol. The van der Waals surface area contributed by atoms with Crippen molar-refractivity contribution < 1.29 is 75.6 Å². The molecule has 0 unspecified atom stereocenters. The molecule has 7 aliphatic rings. The number of aryl methyl sites for hydroxylation is 3. The molecule has 4 saturated heterocycles. The van der Waals surface area contributed by atoms with Gasteiger partial charge in [-0.1, -0.05) is 161 Å². The van der Waals surface area contributed by atoms with Gasteiger partial charge < -0.3 is 24.1 Å². The van der Waals surface area contributed by atoms with E-state index in [0.717, 1.165) is 140 Å². The van der Waals surface area contributed by atoms with E-state index in [1.165, 1.54) is 77.8 Å². The number of phenols is 1. The topological polar surface area (TPSA) is 242 Å². The van der Waals surface area contributed by atoms with E-state index in [2.05, 4.69) is 183 Å². The zero-order chi connectivity index (χ0) is 93.4. The van der Waals surface area contributed by atoms with Crippen LogP contribution in [-0.4, -0.2) is 78.1 Å². The Morgan fingerprint density at radius 3 is 1.06 bits per heavy atom. The van der Waals surface area contributed by atoms with E-state index in [4.69, 9.17) is 18.9 Å². The number of rotatable bonds is 12. The van der Waals surface area contributed by atoms with E-state index < -0.39 is 39.7 Å². The minimum absolute atomic E-state index is 0.0115. The molecule has 24 heteroatoms. The van der Waals surface area contributed by atoms with E-state index in [1.807, 2.05) is 74.5 Å². The first kappa shape index (κ1) is 95.6. The minimum Gasteiger partial charge on any atom is -0.507 e. The third kappa shape index (κ3) is 20.0. The fraction of sp³-hybridized carbons (Fsp3) is 0.379. The average Bonchev–Trinajstić information content (AvgIpc) is 1.37. The van der Waals surface area contributed by atoms with Gasteiger partial charge in [-0.25, -0.2) is 13.2 Å². The van der Waals surface area contributed by atoms with Crippen LogP contribution >= 0.6 is 47.0 Å². The standard InChI is InChI=1S/C26H27F2NO3S.C26H28FNO3S.C26H29NO3S.C25H29NO4S/c1-13-9-16-17(26(4,5)8-7-25(16,2)3)12-15(13)20-21(28)14(10-18(27)22(20)32-6)11-19-23(30)29-24(31)33-19;1-14-9-18-19(26(4,5)8-7-25(18,2)3)13-16(14)17-10-15(11-20(27)22(17)31-6)12-21-23(29)28-24(30)32-21;1-15-11-19-20(26(4,5)10-9-25(19,2)3)14-18(15)17-8-7-16(12-21(17)30-6)13-22-23(28)27-24(29)31-22;1-24(2,3)17-12-15(13-18(21(17)27)25(4,5)6)16-10-14(8-9-19(16)30-7)11-20-22(28)26-23(29)31-20/h9-12H,7-8H2,1-6H3,(H,29,30,31);9-13H,7-8H2,1-6H3,(H,28,29,30);7-8,11-14H,9-10H2,1-6H3,(H,27,28,29);8-13,27H,1-7H3,(H,26,28,29)/b19-11-;21-12-;22-13-;20-11-. The largest absolute Gasteiger partial charge is 0.507 e. The van der Waals surface area contributed by atoms with Gasteiger partial charge in [-0.05, 0) is 330 Å². The smallest absolute Gasteiger partial charge is 0.290 e. The average molecular weight is 1800 g/mol. The minimum atomic E-state index is -0.743. The van der Waals surface area contributed by atoms with Crippen molar-refractivity contribution in [2.24, 2.45) is 0 Å². The fourth-order valence-electron chi connectivity index (χ4n) is 17.6. The first-order valence-electron chi connectivity index (χ1n) is 42.3. The zero-order valence-electron chi connectivity index (χ0n) is 77.0. The van der Waals surface area contributed by atoms with Gasteiger partial charge in [0.25, 0.3) is 44.6 Å². The number of carbonyl (C=O) groups is 8. The summed E-state index contributed by atoms with van der Waals surface area (Å²) < 4.78 is 68.1. The van der Waals surface area contributed by atoms with Crippen molar-refractivity contribution in [1.29, 1.82) is 0 Å². The van der Waals surface area contributed by atoms with Crippen LogP contribution in [0, 0.1) is 38.2 Å². The number of carbonyl (C=O) groups excluding carboxylic acids is 8. The summed E-state index contributed by atoms with van der Waals surface area (Å²) in [6.07, 6.45) is 12.7. The van der Waals surface area contributed by atoms with Gasteiger partial charge >= 0.3 is 0 Å². The highest BCUT2D eigenvalue weighted by molar-refractivity contribution is 8.19. The molecule has 0 aromatic heterocycles. The van der Waals surface area contributed by atoms with Gasteiger partial charge in [0.2, 0.25) is 0 Å². The van der Waals surface area contributed by atoms with Crippen molar-refractivity contribution in [1.82, 2.24) is 21.3 Å². The predicted molar refractivity (Wildman–Crippen MR) is 509 cm³/mol. The molecule has 0 radical (unpaired) electrons. The zero-order valence-corrected chi connectivity index (χ0v) is 80.2. The van der Waals surface area contributed by atoms with Crippen molar-refractivity contribution in [3.8, 4) is 73.3 Å². The monoisotopic (exact) mass is 1800 g/mol. The number of hydrogen-bond acceptors (Lipinski definition) is 17. The first-order chi connectivity index (χ1) is 59.1. The molecule has 3 aliphatic carbocycles. The Morgan fingerprint density at radius 1 is 0.354 bits per heavy atom. The van der Waals surface area contributed by atoms with Gasteiger partial charge in [-0.15, -0.1) is 0 Å². The van der Waals surface area contributed by atoms with Gasteiger partial charge in [-0.2, -0.15) is 0 Å². The predicted octanol–water partition coefficient (Wildman–Crippen LogP) is 25.4.